The largest absolute Gasteiger partial charge is 0.352 e. The SMILES string of the molecule is NC(=O)NCCCNC(=O)c1cnc2ncccc2c1. The Balaban J connectivity index is 1.89. The minimum Gasteiger partial charge on any atom is -0.352 e. The van der Waals surface area contributed by atoms with Gasteiger partial charge in [-0.2, -0.15) is 0 Å². The quantitative estimate of drug-likeness (QED) is 0.685. The number of amides is 3. The second kappa shape index (κ2) is 6.46. The van der Waals surface area contributed by atoms with E-state index in [9.17, 15) is 9.59 Å². The normalized spacial score (nSPS) is 10.2. The highest BCUT2D eigenvalue weighted by Crippen LogP contribution is 2.10. The molecule has 104 valence electrons. The summed E-state index contributed by atoms with van der Waals surface area (Å²) < 4.78 is 0. The lowest BCUT2D eigenvalue weighted by molar-refractivity contribution is 0.0953. The van der Waals surface area contributed by atoms with E-state index in [-0.39, 0.29) is 5.91 Å². The van der Waals surface area contributed by atoms with Gasteiger partial charge >= 0.3 is 6.03 Å². The van der Waals surface area contributed by atoms with Crippen LogP contribution in [0.1, 0.15) is 16.8 Å². The predicted molar refractivity (Wildman–Crippen MR) is 74.1 cm³/mol. The van der Waals surface area contributed by atoms with Gasteiger partial charge in [-0.15, -0.1) is 0 Å². The van der Waals surface area contributed by atoms with Gasteiger partial charge < -0.3 is 16.4 Å². The molecular weight excluding hydrogens is 258 g/mol. The van der Waals surface area contributed by atoms with E-state index < -0.39 is 6.03 Å². The molecule has 0 unspecified atom stereocenters. The van der Waals surface area contributed by atoms with Gasteiger partial charge in [0.2, 0.25) is 0 Å². The third-order valence-corrected chi connectivity index (χ3v) is 2.65. The molecule has 0 aliphatic rings. The van der Waals surface area contributed by atoms with E-state index in [0.717, 1.165) is 5.39 Å². The molecule has 0 radical (unpaired) electrons. The van der Waals surface area contributed by atoms with Gasteiger partial charge in [0.15, 0.2) is 5.65 Å². The summed E-state index contributed by atoms with van der Waals surface area (Å²) in [5.74, 6) is -0.206. The number of fused-ring (bicyclic) bond motifs is 1. The standard InChI is InChI=1S/C13H15N5O2/c14-13(20)17-6-2-5-16-12(19)10-7-9-3-1-4-15-11(9)18-8-10/h1,3-4,7-8H,2,5-6H2,(H,16,19)(H3,14,17,20). The number of rotatable bonds is 5. The zero-order valence-corrected chi connectivity index (χ0v) is 10.8. The zero-order valence-electron chi connectivity index (χ0n) is 10.8. The number of nitrogens with zero attached hydrogens (tertiary/aromatic N) is 2. The van der Waals surface area contributed by atoms with Crippen LogP contribution >= 0.6 is 0 Å². The summed E-state index contributed by atoms with van der Waals surface area (Å²) in [6.07, 6.45) is 3.75. The summed E-state index contributed by atoms with van der Waals surface area (Å²) in [7, 11) is 0. The van der Waals surface area contributed by atoms with Gasteiger partial charge in [-0.05, 0) is 24.6 Å². The third-order valence-electron chi connectivity index (χ3n) is 2.65. The molecule has 0 fully saturated rings. The number of nitrogens with two attached hydrogens (primary N) is 1. The molecule has 0 aliphatic carbocycles. The van der Waals surface area contributed by atoms with Crippen LogP contribution in [-0.2, 0) is 0 Å². The Kier molecular flexibility index (Phi) is 4.43. The number of carbonyl (C=O) groups excluding carboxylic acids is 2. The fourth-order valence-corrected chi connectivity index (χ4v) is 1.69. The Morgan fingerprint density at radius 2 is 2.00 bits per heavy atom. The predicted octanol–water partition coefficient (Wildman–Crippen LogP) is 0.418. The van der Waals surface area contributed by atoms with Gasteiger partial charge in [-0.1, -0.05) is 0 Å². The van der Waals surface area contributed by atoms with Gasteiger partial charge in [0.05, 0.1) is 5.56 Å². The number of hydrogen-bond donors (Lipinski definition) is 3. The van der Waals surface area contributed by atoms with Crippen molar-refractivity contribution in [2.75, 3.05) is 13.1 Å². The smallest absolute Gasteiger partial charge is 0.312 e. The molecule has 2 aromatic rings. The molecule has 0 aliphatic heterocycles. The van der Waals surface area contributed by atoms with Crippen LogP contribution < -0.4 is 16.4 Å². The lowest BCUT2D eigenvalue weighted by atomic mass is 10.2. The summed E-state index contributed by atoms with van der Waals surface area (Å²) >= 11 is 0. The van der Waals surface area contributed by atoms with Crippen molar-refractivity contribution in [2.45, 2.75) is 6.42 Å². The summed E-state index contributed by atoms with van der Waals surface area (Å²) in [5.41, 5.74) is 6.01. The highest BCUT2D eigenvalue weighted by Gasteiger charge is 2.06. The molecule has 0 saturated heterocycles. The van der Waals surface area contributed by atoms with E-state index in [4.69, 9.17) is 5.73 Å². The summed E-state index contributed by atoms with van der Waals surface area (Å²) in [6.45, 7) is 0.875. The number of nitrogens with one attached hydrogen (secondary N) is 2. The second-order valence-electron chi connectivity index (χ2n) is 4.17. The lowest BCUT2D eigenvalue weighted by Crippen LogP contribution is -2.32. The molecule has 0 saturated carbocycles. The van der Waals surface area contributed by atoms with Crippen LogP contribution in [0.15, 0.2) is 30.6 Å². The first-order valence-corrected chi connectivity index (χ1v) is 6.19. The van der Waals surface area contributed by atoms with Gasteiger partial charge in [0.1, 0.15) is 0 Å². The van der Waals surface area contributed by atoms with Crippen molar-refractivity contribution in [3.63, 3.8) is 0 Å². The minimum absolute atomic E-state index is 0.206. The van der Waals surface area contributed by atoms with Crippen LogP contribution in [0.25, 0.3) is 11.0 Å². The van der Waals surface area contributed by atoms with Crippen LogP contribution in [0.4, 0.5) is 4.79 Å². The van der Waals surface area contributed by atoms with Crippen molar-refractivity contribution in [1.82, 2.24) is 20.6 Å². The molecule has 0 aromatic carbocycles. The number of carbonyl (C=O) groups is 2. The van der Waals surface area contributed by atoms with E-state index in [1.165, 1.54) is 6.20 Å². The Bertz CT molecular complexity index is 629. The summed E-state index contributed by atoms with van der Waals surface area (Å²) in [6, 6.07) is 4.82. The lowest BCUT2D eigenvalue weighted by Gasteiger charge is -2.06. The maximum atomic E-state index is 11.9. The van der Waals surface area contributed by atoms with Crippen molar-refractivity contribution in [3.05, 3.63) is 36.2 Å². The molecule has 2 heterocycles. The highest BCUT2D eigenvalue weighted by molar-refractivity contribution is 5.96. The molecule has 2 rings (SSSR count). The van der Waals surface area contributed by atoms with E-state index in [1.807, 2.05) is 6.07 Å². The topological polar surface area (TPSA) is 110 Å². The first-order valence-electron chi connectivity index (χ1n) is 6.19. The molecule has 0 atom stereocenters. The van der Waals surface area contributed by atoms with Crippen molar-refractivity contribution in [2.24, 2.45) is 5.73 Å². The molecule has 3 amide bonds. The Hall–Kier alpha value is -2.70. The van der Waals surface area contributed by atoms with Crippen LogP contribution in [0.3, 0.4) is 0 Å². The average Bonchev–Trinajstić information content (AvgIpc) is 2.46. The van der Waals surface area contributed by atoms with E-state index in [1.54, 1.807) is 18.3 Å². The number of hydrogen-bond acceptors (Lipinski definition) is 4. The van der Waals surface area contributed by atoms with Crippen LogP contribution in [0.5, 0.6) is 0 Å². The maximum absolute atomic E-state index is 11.9. The van der Waals surface area contributed by atoms with Gasteiger partial charge in [-0.3, -0.25) is 4.79 Å². The van der Waals surface area contributed by atoms with Crippen LogP contribution in [0, 0.1) is 0 Å². The molecule has 20 heavy (non-hydrogen) atoms. The number of aromatic nitrogens is 2. The maximum Gasteiger partial charge on any atom is 0.312 e. The first kappa shape index (κ1) is 13.7. The van der Waals surface area contributed by atoms with Crippen molar-refractivity contribution in [3.8, 4) is 0 Å². The van der Waals surface area contributed by atoms with Crippen molar-refractivity contribution >= 4 is 23.0 Å². The van der Waals surface area contributed by atoms with E-state index in [2.05, 4.69) is 20.6 Å². The molecule has 0 spiro atoms. The van der Waals surface area contributed by atoms with Gasteiger partial charge in [-0.25, -0.2) is 14.8 Å². The average molecular weight is 273 g/mol. The molecule has 7 nitrogen and oxygen atoms in total. The third kappa shape index (κ3) is 3.64. The molecule has 7 heteroatoms. The zero-order chi connectivity index (χ0) is 14.4. The Morgan fingerprint density at radius 1 is 1.20 bits per heavy atom. The Labute approximate surface area is 115 Å². The van der Waals surface area contributed by atoms with Crippen LogP contribution in [0.2, 0.25) is 0 Å². The first-order chi connectivity index (χ1) is 9.66. The van der Waals surface area contributed by atoms with Crippen LogP contribution in [-0.4, -0.2) is 35.0 Å². The molecule has 0 bridgehead atoms. The molecule has 2 aromatic heterocycles. The number of primary amides is 1. The number of urea groups is 1. The van der Waals surface area contributed by atoms with Crippen molar-refractivity contribution < 1.29 is 9.59 Å². The highest BCUT2D eigenvalue weighted by atomic mass is 16.2. The second-order valence-corrected chi connectivity index (χ2v) is 4.17. The minimum atomic E-state index is -0.567. The van der Waals surface area contributed by atoms with Gasteiger partial charge in [0, 0.05) is 30.9 Å². The molecule has 4 N–H and O–H groups in total. The Morgan fingerprint density at radius 3 is 2.80 bits per heavy atom. The van der Waals surface area contributed by atoms with E-state index in [0.29, 0.717) is 30.7 Å². The summed E-state index contributed by atoms with van der Waals surface area (Å²) in [4.78, 5) is 30.6. The fraction of sp³-hybridized carbons (Fsp3) is 0.231. The van der Waals surface area contributed by atoms with Crippen molar-refractivity contribution in [1.29, 1.82) is 0 Å². The fourth-order valence-electron chi connectivity index (χ4n) is 1.69. The van der Waals surface area contributed by atoms with Gasteiger partial charge in [0.25, 0.3) is 5.91 Å². The monoisotopic (exact) mass is 273 g/mol. The van der Waals surface area contributed by atoms with E-state index >= 15 is 0 Å². The molecular formula is C13H15N5O2. The summed E-state index contributed by atoms with van der Waals surface area (Å²) in [5, 5.41) is 6.01. The number of pyridine rings is 2.